The SMILES string of the molecule is CC(C)C(=O)O.O=C(NCc1cn(-c2ccc(-n3ccccc3=O)cc2)cn1)c1ccc(Cl)s1. The fourth-order valence-corrected chi connectivity index (χ4v) is 3.68. The number of nitrogens with one attached hydrogen (secondary N) is 1. The molecule has 0 saturated heterocycles. The molecule has 0 atom stereocenters. The number of halogens is 1. The quantitative estimate of drug-likeness (QED) is 0.410. The Morgan fingerprint density at radius 3 is 2.35 bits per heavy atom. The van der Waals surface area contributed by atoms with Crippen molar-refractivity contribution < 1.29 is 14.7 Å². The molecule has 1 amide bonds. The van der Waals surface area contributed by atoms with E-state index in [1.165, 1.54) is 17.4 Å². The smallest absolute Gasteiger partial charge is 0.305 e. The van der Waals surface area contributed by atoms with E-state index < -0.39 is 5.97 Å². The van der Waals surface area contributed by atoms with Crippen molar-refractivity contribution in [1.82, 2.24) is 19.4 Å². The zero-order valence-electron chi connectivity index (χ0n) is 18.5. The van der Waals surface area contributed by atoms with Gasteiger partial charge in [0.2, 0.25) is 0 Å². The summed E-state index contributed by atoms with van der Waals surface area (Å²) < 4.78 is 4.02. The molecule has 0 aliphatic heterocycles. The minimum absolute atomic E-state index is 0.0806. The number of carbonyl (C=O) groups is 2. The molecule has 1 aromatic carbocycles. The number of hydrogen-bond acceptors (Lipinski definition) is 5. The fraction of sp³-hybridized carbons (Fsp3) is 0.167. The highest BCUT2D eigenvalue weighted by Gasteiger charge is 2.09. The molecule has 0 radical (unpaired) electrons. The number of imidazole rings is 1. The van der Waals surface area contributed by atoms with Gasteiger partial charge in [-0.3, -0.25) is 19.0 Å². The topological polar surface area (TPSA) is 106 Å². The summed E-state index contributed by atoms with van der Waals surface area (Å²) in [5, 5.41) is 10.8. The summed E-state index contributed by atoms with van der Waals surface area (Å²) in [6, 6.07) is 16.0. The molecule has 3 aromatic heterocycles. The Balaban J connectivity index is 0.000000481. The first-order valence-electron chi connectivity index (χ1n) is 10.3. The highest BCUT2D eigenvalue weighted by atomic mass is 35.5. The van der Waals surface area contributed by atoms with Gasteiger partial charge in [0.15, 0.2) is 0 Å². The van der Waals surface area contributed by atoms with Gasteiger partial charge in [0.25, 0.3) is 11.5 Å². The van der Waals surface area contributed by atoms with Gasteiger partial charge in [-0.1, -0.05) is 31.5 Å². The van der Waals surface area contributed by atoms with Gasteiger partial charge < -0.3 is 15.0 Å². The fourth-order valence-electron chi connectivity index (χ4n) is 2.72. The van der Waals surface area contributed by atoms with Crippen LogP contribution in [0.15, 0.2) is 78.1 Å². The van der Waals surface area contributed by atoms with Crippen LogP contribution >= 0.6 is 22.9 Å². The van der Waals surface area contributed by atoms with E-state index in [0.717, 1.165) is 17.1 Å². The molecular weight excluding hydrogens is 476 g/mol. The molecule has 176 valence electrons. The number of amides is 1. The molecule has 0 aliphatic rings. The second-order valence-electron chi connectivity index (χ2n) is 7.48. The van der Waals surface area contributed by atoms with Crippen LogP contribution in [0.4, 0.5) is 0 Å². The Bertz CT molecular complexity index is 1330. The van der Waals surface area contributed by atoms with E-state index in [1.54, 1.807) is 49.1 Å². The number of aliphatic carboxylic acids is 1. The number of benzene rings is 1. The maximum atomic E-state index is 12.1. The van der Waals surface area contributed by atoms with E-state index in [2.05, 4.69) is 10.3 Å². The van der Waals surface area contributed by atoms with Crippen LogP contribution in [-0.4, -0.2) is 31.1 Å². The number of carboxylic acid groups (broad SMARTS) is 1. The summed E-state index contributed by atoms with van der Waals surface area (Å²) in [4.78, 5) is 38.6. The van der Waals surface area contributed by atoms with Crippen molar-refractivity contribution in [3.8, 4) is 11.4 Å². The Hall–Kier alpha value is -3.69. The van der Waals surface area contributed by atoms with Gasteiger partial charge in [0.1, 0.15) is 0 Å². The van der Waals surface area contributed by atoms with Crippen LogP contribution in [0.3, 0.4) is 0 Å². The standard InChI is InChI=1S/C20H15ClN4O2S.C4H8O2/c21-18-9-8-17(28-18)20(27)22-11-14-12-24(13-23-14)15-4-6-16(7-5-15)25-10-2-1-3-19(25)26;1-3(2)4(5)6/h1-10,12-13H,11H2,(H,22,27);3H,1-2H3,(H,5,6). The van der Waals surface area contributed by atoms with Crippen molar-refractivity contribution >= 4 is 34.8 Å². The first-order chi connectivity index (χ1) is 16.2. The minimum Gasteiger partial charge on any atom is -0.481 e. The largest absolute Gasteiger partial charge is 0.481 e. The third kappa shape index (κ3) is 6.66. The third-order valence-corrected chi connectivity index (χ3v) is 5.84. The molecule has 0 fully saturated rings. The number of carboxylic acids is 1. The van der Waals surface area contributed by atoms with Crippen LogP contribution in [0.25, 0.3) is 11.4 Å². The number of aromatic nitrogens is 3. The van der Waals surface area contributed by atoms with Gasteiger partial charge in [-0.25, -0.2) is 4.98 Å². The molecule has 0 saturated carbocycles. The lowest BCUT2D eigenvalue weighted by Crippen LogP contribution is -2.21. The number of hydrogen-bond donors (Lipinski definition) is 2. The van der Waals surface area contributed by atoms with Crippen LogP contribution < -0.4 is 10.9 Å². The predicted molar refractivity (Wildman–Crippen MR) is 132 cm³/mol. The van der Waals surface area contributed by atoms with E-state index in [4.69, 9.17) is 16.7 Å². The Labute approximate surface area is 205 Å². The van der Waals surface area contributed by atoms with Crippen LogP contribution in [0.5, 0.6) is 0 Å². The Morgan fingerprint density at radius 2 is 1.76 bits per heavy atom. The van der Waals surface area contributed by atoms with Gasteiger partial charge in [-0.15, -0.1) is 11.3 Å². The average molecular weight is 499 g/mol. The first-order valence-corrected chi connectivity index (χ1v) is 11.5. The summed E-state index contributed by atoms with van der Waals surface area (Å²) >= 11 is 7.09. The van der Waals surface area contributed by atoms with Gasteiger partial charge in [0.05, 0.1) is 33.7 Å². The van der Waals surface area contributed by atoms with Crippen molar-refractivity contribution in [2.75, 3.05) is 0 Å². The molecule has 0 spiro atoms. The lowest BCUT2D eigenvalue weighted by atomic mass is 10.2. The molecule has 0 unspecified atom stereocenters. The van der Waals surface area contributed by atoms with Crippen molar-refractivity contribution in [2.24, 2.45) is 5.92 Å². The van der Waals surface area contributed by atoms with Crippen molar-refractivity contribution in [3.05, 3.63) is 98.6 Å². The molecule has 0 aliphatic carbocycles. The molecule has 4 aromatic rings. The molecule has 34 heavy (non-hydrogen) atoms. The average Bonchev–Trinajstić information content (AvgIpc) is 3.48. The van der Waals surface area contributed by atoms with Gasteiger partial charge >= 0.3 is 5.97 Å². The van der Waals surface area contributed by atoms with Crippen molar-refractivity contribution in [2.45, 2.75) is 20.4 Å². The first kappa shape index (κ1) is 24.9. The van der Waals surface area contributed by atoms with Gasteiger partial charge in [-0.05, 0) is 42.5 Å². The van der Waals surface area contributed by atoms with Crippen molar-refractivity contribution in [3.63, 3.8) is 0 Å². The highest BCUT2D eigenvalue weighted by Crippen LogP contribution is 2.21. The zero-order chi connectivity index (χ0) is 24.7. The molecular formula is C24H23ClN4O4S. The van der Waals surface area contributed by atoms with E-state index in [0.29, 0.717) is 15.8 Å². The second-order valence-corrected chi connectivity index (χ2v) is 9.19. The summed E-state index contributed by atoms with van der Waals surface area (Å²) in [5.41, 5.74) is 2.35. The molecule has 10 heteroatoms. The number of rotatable bonds is 6. The van der Waals surface area contributed by atoms with E-state index >= 15 is 0 Å². The number of pyridine rings is 1. The predicted octanol–water partition coefficient (Wildman–Crippen LogP) is 4.40. The summed E-state index contributed by atoms with van der Waals surface area (Å²) in [7, 11) is 0. The van der Waals surface area contributed by atoms with Crippen molar-refractivity contribution in [1.29, 1.82) is 0 Å². The van der Waals surface area contributed by atoms with E-state index in [9.17, 15) is 14.4 Å². The van der Waals surface area contributed by atoms with Crippen LogP contribution in [-0.2, 0) is 11.3 Å². The lowest BCUT2D eigenvalue weighted by molar-refractivity contribution is -0.140. The lowest BCUT2D eigenvalue weighted by Gasteiger charge is -2.07. The van der Waals surface area contributed by atoms with Gasteiger partial charge in [0, 0.05) is 29.8 Å². The minimum atomic E-state index is -0.741. The molecule has 2 N–H and O–H groups in total. The Kier molecular flexibility index (Phi) is 8.39. The van der Waals surface area contributed by atoms with Crippen LogP contribution in [0.2, 0.25) is 4.34 Å². The number of nitrogens with zero attached hydrogens (tertiary/aromatic N) is 3. The van der Waals surface area contributed by atoms with Gasteiger partial charge in [-0.2, -0.15) is 0 Å². The molecule has 3 heterocycles. The summed E-state index contributed by atoms with van der Waals surface area (Å²) in [6.45, 7) is 3.60. The van der Waals surface area contributed by atoms with E-state index in [-0.39, 0.29) is 17.4 Å². The Morgan fingerprint density at radius 1 is 1.09 bits per heavy atom. The third-order valence-electron chi connectivity index (χ3n) is 4.61. The number of thiophene rings is 1. The molecule has 8 nitrogen and oxygen atoms in total. The highest BCUT2D eigenvalue weighted by molar-refractivity contribution is 7.17. The summed E-state index contributed by atoms with van der Waals surface area (Å²) in [6.07, 6.45) is 5.27. The zero-order valence-corrected chi connectivity index (χ0v) is 20.1. The maximum Gasteiger partial charge on any atom is 0.305 e. The number of carbonyl (C=O) groups excluding carboxylic acids is 1. The summed E-state index contributed by atoms with van der Waals surface area (Å²) in [5.74, 6) is -1.15. The molecule has 4 rings (SSSR count). The van der Waals surface area contributed by atoms with E-state index in [1.807, 2.05) is 41.1 Å². The van der Waals surface area contributed by atoms with Crippen LogP contribution in [0.1, 0.15) is 29.2 Å². The van der Waals surface area contributed by atoms with Crippen LogP contribution in [0, 0.1) is 5.92 Å². The maximum absolute atomic E-state index is 12.1. The monoisotopic (exact) mass is 498 g/mol. The normalized spacial score (nSPS) is 10.5. The molecule has 0 bridgehead atoms. The second kappa shape index (κ2) is 11.4.